The molecule has 1 N–H and O–H groups in total. The Balaban J connectivity index is 1.64. The Morgan fingerprint density at radius 1 is 1.24 bits per heavy atom. The third kappa shape index (κ3) is 5.51. The maximum atomic E-state index is 12.7. The maximum absolute atomic E-state index is 12.7. The van der Waals surface area contributed by atoms with Crippen LogP contribution in [0.2, 0.25) is 10.0 Å². The summed E-state index contributed by atoms with van der Waals surface area (Å²) in [6, 6.07) is 12.2. The maximum Gasteiger partial charge on any atom is 0.266 e. The first kappa shape index (κ1) is 21.6. The number of thioether (sulfide) groups is 1. The molecule has 9 heteroatoms. The van der Waals surface area contributed by atoms with E-state index < -0.39 is 0 Å². The van der Waals surface area contributed by atoms with Gasteiger partial charge in [0.2, 0.25) is 5.91 Å². The Labute approximate surface area is 188 Å². The lowest BCUT2D eigenvalue weighted by atomic mass is 10.2. The van der Waals surface area contributed by atoms with E-state index in [2.05, 4.69) is 5.32 Å². The molecule has 1 heterocycles. The highest BCUT2D eigenvalue weighted by atomic mass is 35.5. The number of rotatable bonds is 6. The summed E-state index contributed by atoms with van der Waals surface area (Å²) in [5.41, 5.74) is 1.28. The molecule has 1 fully saturated rings. The van der Waals surface area contributed by atoms with Gasteiger partial charge in [-0.2, -0.15) is 0 Å². The van der Waals surface area contributed by atoms with Gasteiger partial charge in [-0.25, -0.2) is 0 Å². The first-order valence-electron chi connectivity index (χ1n) is 8.51. The number of halogens is 2. The number of hydrogen-bond donors (Lipinski definition) is 1. The lowest BCUT2D eigenvalue weighted by Crippen LogP contribution is -2.31. The number of benzene rings is 2. The second-order valence-electron chi connectivity index (χ2n) is 6.03. The molecule has 1 aliphatic heterocycles. The van der Waals surface area contributed by atoms with E-state index in [1.54, 1.807) is 31.4 Å². The highest BCUT2D eigenvalue weighted by Crippen LogP contribution is 2.34. The third-order valence-corrected chi connectivity index (χ3v) is 5.82. The Bertz CT molecular complexity index is 991. The van der Waals surface area contributed by atoms with Crippen LogP contribution in [0.1, 0.15) is 12.0 Å². The predicted molar refractivity (Wildman–Crippen MR) is 123 cm³/mol. The quantitative estimate of drug-likeness (QED) is 0.466. The molecule has 0 saturated carbocycles. The van der Waals surface area contributed by atoms with Crippen LogP contribution in [-0.2, 0) is 9.59 Å². The highest BCUT2D eigenvalue weighted by Gasteiger charge is 2.32. The number of anilines is 1. The van der Waals surface area contributed by atoms with Crippen molar-refractivity contribution >= 4 is 75.1 Å². The van der Waals surface area contributed by atoms with Gasteiger partial charge >= 0.3 is 0 Å². The van der Waals surface area contributed by atoms with Gasteiger partial charge in [0, 0.05) is 34.3 Å². The number of nitrogens with zero attached hydrogens (tertiary/aromatic N) is 1. The van der Waals surface area contributed by atoms with E-state index in [4.69, 9.17) is 40.2 Å². The molecule has 0 spiro atoms. The fourth-order valence-corrected chi connectivity index (χ4v) is 4.51. The van der Waals surface area contributed by atoms with E-state index in [-0.39, 0.29) is 24.8 Å². The number of carbonyl (C=O) groups is 2. The normalized spacial score (nSPS) is 15.1. The second kappa shape index (κ2) is 9.63. The topological polar surface area (TPSA) is 58.6 Å². The van der Waals surface area contributed by atoms with Crippen molar-refractivity contribution in [2.45, 2.75) is 6.42 Å². The number of methoxy groups -OCH3 is 1. The van der Waals surface area contributed by atoms with E-state index in [9.17, 15) is 9.59 Å². The zero-order chi connectivity index (χ0) is 21.0. The summed E-state index contributed by atoms with van der Waals surface area (Å²) in [5.74, 6) is 0.160. The van der Waals surface area contributed by atoms with Crippen LogP contribution in [0.5, 0.6) is 5.75 Å². The van der Waals surface area contributed by atoms with Crippen molar-refractivity contribution in [2.24, 2.45) is 0 Å². The van der Waals surface area contributed by atoms with E-state index in [0.717, 1.165) is 5.56 Å². The summed E-state index contributed by atoms with van der Waals surface area (Å²) >= 11 is 18.4. The van der Waals surface area contributed by atoms with Crippen LogP contribution < -0.4 is 10.1 Å². The van der Waals surface area contributed by atoms with Gasteiger partial charge in [-0.05, 0) is 30.3 Å². The van der Waals surface area contributed by atoms with Gasteiger partial charge in [0.25, 0.3) is 5.91 Å². The van der Waals surface area contributed by atoms with Crippen LogP contribution in [0.3, 0.4) is 0 Å². The summed E-state index contributed by atoms with van der Waals surface area (Å²) < 4.78 is 5.73. The molecule has 1 saturated heterocycles. The number of ether oxygens (including phenoxy) is 1. The second-order valence-corrected chi connectivity index (χ2v) is 8.58. The minimum atomic E-state index is -0.272. The average Bonchev–Trinajstić information content (AvgIpc) is 2.92. The van der Waals surface area contributed by atoms with Gasteiger partial charge in [-0.3, -0.25) is 14.5 Å². The van der Waals surface area contributed by atoms with E-state index in [0.29, 0.717) is 30.7 Å². The average molecular weight is 467 g/mol. The van der Waals surface area contributed by atoms with Gasteiger partial charge in [-0.15, -0.1) is 0 Å². The van der Waals surface area contributed by atoms with E-state index in [1.165, 1.54) is 16.7 Å². The summed E-state index contributed by atoms with van der Waals surface area (Å²) in [5, 5.41) is 3.56. The van der Waals surface area contributed by atoms with Gasteiger partial charge in [0.15, 0.2) is 0 Å². The predicted octanol–water partition coefficient (Wildman–Crippen LogP) is 5.23. The van der Waals surface area contributed by atoms with Crippen molar-refractivity contribution in [1.82, 2.24) is 4.90 Å². The molecule has 3 rings (SSSR count). The number of para-hydroxylation sites is 1. The van der Waals surface area contributed by atoms with Gasteiger partial charge < -0.3 is 10.1 Å². The highest BCUT2D eigenvalue weighted by molar-refractivity contribution is 8.26. The molecule has 0 unspecified atom stereocenters. The lowest BCUT2D eigenvalue weighted by molar-refractivity contribution is -0.122. The Morgan fingerprint density at radius 2 is 1.93 bits per heavy atom. The Hall–Kier alpha value is -2.06. The number of carbonyl (C=O) groups excluding carboxylic acids is 2. The summed E-state index contributed by atoms with van der Waals surface area (Å²) in [6.45, 7) is 0.175. The summed E-state index contributed by atoms with van der Waals surface area (Å²) in [6.07, 6.45) is 1.82. The number of hydrogen-bond acceptors (Lipinski definition) is 5. The first-order valence-corrected chi connectivity index (χ1v) is 10.5. The molecule has 2 aromatic carbocycles. The molecular formula is C20H16Cl2N2O3S2. The van der Waals surface area contributed by atoms with Crippen molar-refractivity contribution in [3.8, 4) is 5.75 Å². The van der Waals surface area contributed by atoms with Crippen molar-refractivity contribution in [2.75, 3.05) is 19.0 Å². The molecule has 5 nitrogen and oxygen atoms in total. The van der Waals surface area contributed by atoms with Crippen LogP contribution in [0.4, 0.5) is 5.69 Å². The van der Waals surface area contributed by atoms with Crippen molar-refractivity contribution in [3.05, 3.63) is 63.0 Å². The number of nitrogens with one attached hydrogen (secondary N) is 1. The Kier molecular flexibility index (Phi) is 7.18. The van der Waals surface area contributed by atoms with Crippen molar-refractivity contribution in [1.29, 1.82) is 0 Å². The minimum absolute atomic E-state index is 0.0819. The zero-order valence-electron chi connectivity index (χ0n) is 15.3. The molecule has 0 atom stereocenters. The smallest absolute Gasteiger partial charge is 0.266 e. The van der Waals surface area contributed by atoms with Crippen LogP contribution >= 0.6 is 47.2 Å². The van der Waals surface area contributed by atoms with Gasteiger partial charge in [0.1, 0.15) is 10.1 Å². The molecular weight excluding hydrogens is 451 g/mol. The molecule has 29 heavy (non-hydrogen) atoms. The molecule has 0 bridgehead atoms. The molecule has 0 aliphatic carbocycles. The molecule has 0 aromatic heterocycles. The summed E-state index contributed by atoms with van der Waals surface area (Å²) in [4.78, 5) is 26.9. The fourth-order valence-electron chi connectivity index (χ4n) is 2.68. The molecule has 0 radical (unpaired) electrons. The van der Waals surface area contributed by atoms with Gasteiger partial charge in [0.05, 0.1) is 12.0 Å². The molecule has 2 aromatic rings. The van der Waals surface area contributed by atoms with Crippen LogP contribution in [0, 0.1) is 0 Å². The molecule has 1 aliphatic rings. The Morgan fingerprint density at radius 3 is 2.62 bits per heavy atom. The fraction of sp³-hybridized carbons (Fsp3) is 0.150. The van der Waals surface area contributed by atoms with E-state index in [1.807, 2.05) is 24.3 Å². The molecule has 2 amide bonds. The summed E-state index contributed by atoms with van der Waals surface area (Å²) in [7, 11) is 1.57. The van der Waals surface area contributed by atoms with Gasteiger partial charge in [-0.1, -0.05) is 65.4 Å². The van der Waals surface area contributed by atoms with Crippen molar-refractivity contribution in [3.63, 3.8) is 0 Å². The van der Waals surface area contributed by atoms with E-state index >= 15 is 0 Å². The third-order valence-electron chi connectivity index (χ3n) is 4.01. The largest absolute Gasteiger partial charge is 0.496 e. The standard InChI is InChI=1S/C20H16Cl2N2O3S2/c1-27-16-5-3-2-4-12(16)8-17-19(26)24(20(28)29-17)7-6-18(25)23-15-10-13(21)9-14(22)11-15/h2-5,8-11H,6-7H2,1H3,(H,23,25)/b17-8-. The van der Waals surface area contributed by atoms with Crippen LogP contribution in [0.25, 0.3) is 6.08 Å². The van der Waals surface area contributed by atoms with Crippen molar-refractivity contribution < 1.29 is 14.3 Å². The first-order chi connectivity index (χ1) is 13.9. The number of thiocarbonyl (C=S) groups is 1. The van der Waals surface area contributed by atoms with Crippen LogP contribution in [-0.4, -0.2) is 34.7 Å². The SMILES string of the molecule is COc1ccccc1/C=C1\SC(=S)N(CCC(=O)Nc2cc(Cl)cc(Cl)c2)C1=O. The number of amides is 2. The zero-order valence-corrected chi connectivity index (χ0v) is 18.4. The minimum Gasteiger partial charge on any atom is -0.496 e. The molecule has 150 valence electrons. The lowest BCUT2D eigenvalue weighted by Gasteiger charge is -2.14. The monoisotopic (exact) mass is 466 g/mol. The van der Waals surface area contributed by atoms with Crippen LogP contribution in [0.15, 0.2) is 47.4 Å².